The lowest BCUT2D eigenvalue weighted by Gasteiger charge is -2.33. The molecule has 1 aromatic carbocycles. The summed E-state index contributed by atoms with van der Waals surface area (Å²) in [5.74, 6) is 1.02. The molecule has 0 unspecified atom stereocenters. The van der Waals surface area contributed by atoms with E-state index in [9.17, 15) is 13.2 Å². The maximum Gasteiger partial charge on any atom is 0.243 e. The predicted molar refractivity (Wildman–Crippen MR) is 132 cm³/mol. The van der Waals surface area contributed by atoms with Gasteiger partial charge in [-0.2, -0.15) is 4.31 Å². The zero-order chi connectivity index (χ0) is 23.4. The summed E-state index contributed by atoms with van der Waals surface area (Å²) < 4.78 is 27.9. The molecule has 0 aromatic heterocycles. The Bertz CT molecular complexity index is 919. The van der Waals surface area contributed by atoms with Crippen molar-refractivity contribution in [3.8, 4) is 0 Å². The van der Waals surface area contributed by atoms with Crippen LogP contribution < -0.4 is 0 Å². The van der Waals surface area contributed by atoms with Crippen LogP contribution in [0.4, 0.5) is 0 Å². The van der Waals surface area contributed by atoms with Crippen LogP contribution in [-0.2, 0) is 14.8 Å². The van der Waals surface area contributed by atoms with Crippen LogP contribution >= 0.6 is 0 Å². The minimum Gasteiger partial charge on any atom is -0.341 e. The number of carbonyl (C=O) groups excluding carboxylic acids is 1. The molecule has 0 atom stereocenters. The first-order chi connectivity index (χ1) is 15.8. The van der Waals surface area contributed by atoms with Gasteiger partial charge in [-0.25, -0.2) is 8.42 Å². The molecular formula is C26H41N3O3S. The number of sulfonamides is 1. The van der Waals surface area contributed by atoms with Crippen molar-refractivity contribution in [2.75, 3.05) is 45.8 Å². The van der Waals surface area contributed by atoms with Crippen LogP contribution in [0.25, 0.3) is 0 Å². The largest absolute Gasteiger partial charge is 0.341 e. The Morgan fingerprint density at radius 2 is 1.61 bits per heavy atom. The summed E-state index contributed by atoms with van der Waals surface area (Å²) >= 11 is 0. The first kappa shape index (κ1) is 24.7. The van der Waals surface area contributed by atoms with Crippen LogP contribution in [0.1, 0.15) is 62.5 Å². The highest BCUT2D eigenvalue weighted by Gasteiger charge is 2.35. The average Bonchev–Trinajstić information content (AvgIpc) is 3.05. The normalized spacial score (nSPS) is 22.9. The van der Waals surface area contributed by atoms with Crippen LogP contribution in [0, 0.1) is 25.7 Å². The Labute approximate surface area is 200 Å². The molecule has 3 fully saturated rings. The standard InChI is InChI=1S/C26H41N3O3S/c1-21-9-10-25(22(2)19-21)33(31,32)29-15-11-24(12-16-29)26(30)28-14-6-13-27(17-18-28)20-23-7-4-3-5-8-23/h9-10,19,23-24H,3-8,11-18,20H2,1-2H3. The molecule has 33 heavy (non-hydrogen) atoms. The molecule has 6 nitrogen and oxygen atoms in total. The second-order valence-corrected chi connectivity index (χ2v) is 12.3. The van der Waals surface area contributed by atoms with Gasteiger partial charge < -0.3 is 9.80 Å². The number of aryl methyl sites for hydroxylation is 2. The van der Waals surface area contributed by atoms with E-state index < -0.39 is 10.0 Å². The number of nitrogens with zero attached hydrogens (tertiary/aromatic N) is 3. The first-order valence-electron chi connectivity index (χ1n) is 12.9. The Morgan fingerprint density at radius 1 is 0.879 bits per heavy atom. The lowest BCUT2D eigenvalue weighted by atomic mass is 9.89. The minimum absolute atomic E-state index is 0.0551. The van der Waals surface area contributed by atoms with E-state index >= 15 is 0 Å². The molecule has 1 saturated carbocycles. The van der Waals surface area contributed by atoms with Gasteiger partial charge in [-0.15, -0.1) is 0 Å². The number of rotatable bonds is 5. The van der Waals surface area contributed by atoms with Gasteiger partial charge in [-0.3, -0.25) is 4.79 Å². The van der Waals surface area contributed by atoms with Crippen molar-refractivity contribution in [2.24, 2.45) is 11.8 Å². The fourth-order valence-corrected chi connectivity index (χ4v) is 7.61. The third-order valence-corrected chi connectivity index (χ3v) is 9.95. The molecule has 0 N–H and O–H groups in total. The van der Waals surface area contributed by atoms with Crippen LogP contribution in [0.3, 0.4) is 0 Å². The first-order valence-corrected chi connectivity index (χ1v) is 14.4. The van der Waals surface area contributed by atoms with Gasteiger partial charge in [-0.05, 0) is 70.0 Å². The summed E-state index contributed by atoms with van der Waals surface area (Å²) in [5.41, 5.74) is 1.85. The SMILES string of the molecule is Cc1ccc(S(=O)(=O)N2CCC(C(=O)N3CCCN(CC4CCCCC4)CC3)CC2)c(C)c1. The van der Waals surface area contributed by atoms with Crippen LogP contribution in [0.2, 0.25) is 0 Å². The summed E-state index contributed by atoms with van der Waals surface area (Å²) in [7, 11) is -3.51. The van der Waals surface area contributed by atoms with E-state index in [1.54, 1.807) is 10.4 Å². The van der Waals surface area contributed by atoms with E-state index in [0.717, 1.165) is 49.6 Å². The monoisotopic (exact) mass is 475 g/mol. The Kier molecular flexibility index (Phi) is 8.13. The van der Waals surface area contributed by atoms with Gasteiger partial charge in [0.1, 0.15) is 0 Å². The minimum atomic E-state index is -3.51. The second kappa shape index (κ2) is 10.9. The highest BCUT2D eigenvalue weighted by Crippen LogP contribution is 2.28. The van der Waals surface area contributed by atoms with Gasteiger partial charge in [0.05, 0.1) is 4.90 Å². The Hall–Kier alpha value is -1.44. The zero-order valence-electron chi connectivity index (χ0n) is 20.5. The third kappa shape index (κ3) is 5.98. The van der Waals surface area contributed by atoms with Gasteiger partial charge in [0.25, 0.3) is 0 Å². The number of benzene rings is 1. The molecule has 3 aliphatic rings. The van der Waals surface area contributed by atoms with Crippen LogP contribution in [0.15, 0.2) is 23.1 Å². The van der Waals surface area contributed by atoms with E-state index in [-0.39, 0.29) is 11.8 Å². The fourth-order valence-electron chi connectivity index (χ4n) is 5.94. The van der Waals surface area contributed by atoms with Gasteiger partial charge >= 0.3 is 0 Å². The highest BCUT2D eigenvalue weighted by molar-refractivity contribution is 7.89. The lowest BCUT2D eigenvalue weighted by Crippen LogP contribution is -2.45. The molecule has 1 amide bonds. The number of hydrogen-bond donors (Lipinski definition) is 0. The predicted octanol–water partition coefficient (Wildman–Crippen LogP) is 3.82. The van der Waals surface area contributed by atoms with Crippen molar-refractivity contribution in [3.05, 3.63) is 29.3 Å². The molecule has 0 spiro atoms. The average molecular weight is 476 g/mol. The summed E-state index contributed by atoms with van der Waals surface area (Å²) in [5, 5.41) is 0. The zero-order valence-corrected chi connectivity index (χ0v) is 21.3. The van der Waals surface area contributed by atoms with Crippen molar-refractivity contribution in [1.29, 1.82) is 0 Å². The quantitative estimate of drug-likeness (QED) is 0.650. The third-order valence-electron chi connectivity index (χ3n) is 7.89. The molecule has 4 rings (SSSR count). The number of hydrogen-bond acceptors (Lipinski definition) is 4. The van der Waals surface area contributed by atoms with Gasteiger partial charge in [0.2, 0.25) is 15.9 Å². The van der Waals surface area contributed by atoms with Crippen LogP contribution in [-0.4, -0.2) is 74.2 Å². The summed E-state index contributed by atoms with van der Waals surface area (Å²) in [6.07, 6.45) is 9.14. The molecule has 1 aromatic rings. The molecule has 1 aliphatic carbocycles. The maximum atomic E-state index is 13.3. The van der Waals surface area contributed by atoms with Gasteiger partial charge in [0.15, 0.2) is 0 Å². The van der Waals surface area contributed by atoms with E-state index in [2.05, 4.69) is 9.80 Å². The van der Waals surface area contributed by atoms with Crippen molar-refractivity contribution < 1.29 is 13.2 Å². The topological polar surface area (TPSA) is 60.9 Å². The van der Waals surface area contributed by atoms with E-state index in [0.29, 0.717) is 30.8 Å². The number of piperidine rings is 1. The summed E-state index contributed by atoms with van der Waals surface area (Å²) in [6.45, 7) is 9.58. The van der Waals surface area contributed by atoms with Gasteiger partial charge in [0, 0.05) is 45.2 Å². The summed E-state index contributed by atoms with van der Waals surface area (Å²) in [4.78, 5) is 18.3. The Balaban J connectivity index is 1.29. The number of carbonyl (C=O) groups is 1. The van der Waals surface area contributed by atoms with Gasteiger partial charge in [-0.1, -0.05) is 37.0 Å². The molecule has 2 heterocycles. The molecular weight excluding hydrogens is 434 g/mol. The van der Waals surface area contributed by atoms with Crippen LogP contribution in [0.5, 0.6) is 0 Å². The highest BCUT2D eigenvalue weighted by atomic mass is 32.2. The molecule has 2 saturated heterocycles. The molecule has 0 radical (unpaired) electrons. The maximum absolute atomic E-state index is 13.3. The Morgan fingerprint density at radius 3 is 2.30 bits per heavy atom. The van der Waals surface area contributed by atoms with E-state index in [4.69, 9.17) is 0 Å². The molecule has 2 aliphatic heterocycles. The smallest absolute Gasteiger partial charge is 0.243 e. The molecule has 0 bridgehead atoms. The van der Waals surface area contributed by atoms with Crippen molar-refractivity contribution in [3.63, 3.8) is 0 Å². The number of amides is 1. The van der Waals surface area contributed by atoms with E-state index in [1.807, 2.05) is 26.0 Å². The van der Waals surface area contributed by atoms with Crippen molar-refractivity contribution in [1.82, 2.24) is 14.1 Å². The van der Waals surface area contributed by atoms with Crippen molar-refractivity contribution in [2.45, 2.75) is 70.1 Å². The fraction of sp³-hybridized carbons (Fsp3) is 0.731. The lowest BCUT2D eigenvalue weighted by molar-refractivity contribution is -0.136. The molecule has 184 valence electrons. The van der Waals surface area contributed by atoms with Crippen molar-refractivity contribution >= 4 is 15.9 Å². The second-order valence-electron chi connectivity index (χ2n) is 10.4. The molecule has 7 heteroatoms. The summed E-state index contributed by atoms with van der Waals surface area (Å²) in [6, 6.07) is 5.49. The van der Waals surface area contributed by atoms with E-state index in [1.165, 1.54) is 38.6 Å².